The van der Waals surface area contributed by atoms with Crippen LogP contribution < -0.4 is 0 Å². The van der Waals surface area contributed by atoms with Crippen molar-refractivity contribution in [2.24, 2.45) is 0 Å². The van der Waals surface area contributed by atoms with Crippen LogP contribution in [0.2, 0.25) is 0 Å². The standard InChI is InChI=1S/C26H46O10/c27-7-9-29-11-13-31-15-17-33-19-21-35-23-25-36-24-22-34-20-18-32-16-14-30-12-10-28-8-6-26-4-2-1-3-5-26/h1-5,27H,6-25H2. The predicted octanol–water partition coefficient (Wildman–Crippen LogP) is 1.37. The molecule has 1 aromatic rings. The van der Waals surface area contributed by atoms with Crippen LogP contribution in [-0.4, -0.2) is 131 Å². The normalized spacial score (nSPS) is 11.4. The Hall–Kier alpha value is -1.18. The van der Waals surface area contributed by atoms with Gasteiger partial charge in [-0.05, 0) is 12.0 Å². The molecule has 210 valence electrons. The molecule has 0 aliphatic rings. The van der Waals surface area contributed by atoms with Crippen molar-refractivity contribution in [3.8, 4) is 0 Å². The van der Waals surface area contributed by atoms with Gasteiger partial charge in [-0.3, -0.25) is 0 Å². The summed E-state index contributed by atoms with van der Waals surface area (Å²) in [6, 6.07) is 10.3. The molecule has 10 nitrogen and oxygen atoms in total. The van der Waals surface area contributed by atoms with Gasteiger partial charge in [0.25, 0.3) is 0 Å². The van der Waals surface area contributed by atoms with Crippen LogP contribution in [-0.2, 0) is 49.1 Å². The fourth-order valence-corrected chi connectivity index (χ4v) is 2.76. The molecule has 0 heterocycles. The Morgan fingerprint density at radius 3 is 0.944 bits per heavy atom. The Kier molecular flexibility index (Phi) is 25.9. The number of hydrogen-bond donors (Lipinski definition) is 1. The fourth-order valence-electron chi connectivity index (χ4n) is 2.76. The molecule has 0 unspecified atom stereocenters. The van der Waals surface area contributed by atoms with Gasteiger partial charge in [-0.25, -0.2) is 0 Å². The number of hydrogen-bond acceptors (Lipinski definition) is 10. The van der Waals surface area contributed by atoms with E-state index in [-0.39, 0.29) is 6.61 Å². The van der Waals surface area contributed by atoms with Gasteiger partial charge in [0.2, 0.25) is 0 Å². The second-order valence-corrected chi connectivity index (χ2v) is 7.47. The molecule has 0 radical (unpaired) electrons. The Balaban J connectivity index is 1.63. The first-order valence-corrected chi connectivity index (χ1v) is 12.8. The summed E-state index contributed by atoms with van der Waals surface area (Å²) in [6.07, 6.45) is 0.918. The number of rotatable bonds is 29. The first-order valence-electron chi connectivity index (χ1n) is 12.8. The highest BCUT2D eigenvalue weighted by atomic mass is 16.6. The van der Waals surface area contributed by atoms with Crippen molar-refractivity contribution >= 4 is 0 Å². The monoisotopic (exact) mass is 518 g/mol. The SMILES string of the molecule is OCCOCCOCCOCCOCCOCCOCCOCCOCCOCCc1ccccc1. The Morgan fingerprint density at radius 1 is 0.361 bits per heavy atom. The molecule has 36 heavy (non-hydrogen) atoms. The number of ether oxygens (including phenoxy) is 9. The summed E-state index contributed by atoms with van der Waals surface area (Å²) in [7, 11) is 0. The number of aliphatic hydroxyl groups excluding tert-OH is 1. The van der Waals surface area contributed by atoms with Crippen LogP contribution in [0.25, 0.3) is 0 Å². The van der Waals surface area contributed by atoms with Crippen molar-refractivity contribution < 1.29 is 47.7 Å². The molecule has 0 aromatic heterocycles. The first-order chi connectivity index (χ1) is 17.9. The van der Waals surface area contributed by atoms with Crippen molar-refractivity contribution in [1.82, 2.24) is 0 Å². The van der Waals surface area contributed by atoms with Crippen LogP contribution in [0.15, 0.2) is 30.3 Å². The molecule has 1 aromatic carbocycles. The topological polar surface area (TPSA) is 103 Å². The van der Waals surface area contributed by atoms with Gasteiger partial charge in [-0.15, -0.1) is 0 Å². The van der Waals surface area contributed by atoms with Crippen LogP contribution in [0.3, 0.4) is 0 Å². The van der Waals surface area contributed by atoms with Crippen LogP contribution in [0, 0.1) is 0 Å². The van der Waals surface area contributed by atoms with Crippen LogP contribution in [0.4, 0.5) is 0 Å². The van der Waals surface area contributed by atoms with Gasteiger partial charge in [0.1, 0.15) is 0 Å². The molecule has 0 aliphatic heterocycles. The third kappa shape index (κ3) is 24.5. The minimum absolute atomic E-state index is 0.0302. The quantitative estimate of drug-likeness (QED) is 0.156. The summed E-state index contributed by atoms with van der Waals surface area (Å²) in [6.45, 7) is 9.48. The van der Waals surface area contributed by atoms with Gasteiger partial charge < -0.3 is 47.7 Å². The van der Waals surface area contributed by atoms with Crippen LogP contribution >= 0.6 is 0 Å². The lowest BCUT2D eigenvalue weighted by Crippen LogP contribution is -2.15. The molecule has 0 atom stereocenters. The Labute approximate surface area is 216 Å². The van der Waals surface area contributed by atoms with Crippen molar-refractivity contribution in [3.63, 3.8) is 0 Å². The molecule has 1 rings (SSSR count). The zero-order valence-electron chi connectivity index (χ0n) is 21.7. The minimum atomic E-state index is 0.0302. The number of benzene rings is 1. The maximum absolute atomic E-state index is 8.56. The molecule has 10 heteroatoms. The summed E-state index contributed by atoms with van der Waals surface area (Å²) in [5.74, 6) is 0. The summed E-state index contributed by atoms with van der Waals surface area (Å²) < 4.78 is 48.6. The molecule has 0 amide bonds. The van der Waals surface area contributed by atoms with E-state index in [9.17, 15) is 0 Å². The van der Waals surface area contributed by atoms with E-state index in [4.69, 9.17) is 47.7 Å². The summed E-state index contributed by atoms with van der Waals surface area (Å²) in [4.78, 5) is 0. The molecular formula is C26H46O10. The molecule has 0 saturated heterocycles. The zero-order valence-corrected chi connectivity index (χ0v) is 21.7. The molecule has 0 saturated carbocycles. The van der Waals surface area contributed by atoms with Crippen molar-refractivity contribution in [1.29, 1.82) is 0 Å². The summed E-state index contributed by atoms with van der Waals surface area (Å²) in [5, 5.41) is 8.56. The van der Waals surface area contributed by atoms with Crippen molar-refractivity contribution in [2.75, 3.05) is 126 Å². The van der Waals surface area contributed by atoms with Crippen molar-refractivity contribution in [2.45, 2.75) is 6.42 Å². The fraction of sp³-hybridized carbons (Fsp3) is 0.769. The molecule has 0 bridgehead atoms. The van der Waals surface area contributed by atoms with E-state index >= 15 is 0 Å². The van der Waals surface area contributed by atoms with Gasteiger partial charge in [-0.1, -0.05) is 30.3 Å². The van der Waals surface area contributed by atoms with Gasteiger partial charge in [0, 0.05) is 0 Å². The molecular weight excluding hydrogens is 472 g/mol. The third-order valence-corrected chi connectivity index (χ3v) is 4.59. The zero-order chi connectivity index (χ0) is 25.6. The van der Waals surface area contributed by atoms with E-state index in [2.05, 4.69) is 12.1 Å². The van der Waals surface area contributed by atoms with E-state index < -0.39 is 0 Å². The van der Waals surface area contributed by atoms with Crippen LogP contribution in [0.1, 0.15) is 5.56 Å². The van der Waals surface area contributed by atoms with Gasteiger partial charge in [-0.2, -0.15) is 0 Å². The molecule has 0 aliphatic carbocycles. The highest BCUT2D eigenvalue weighted by Gasteiger charge is 1.96. The van der Waals surface area contributed by atoms with Crippen LogP contribution in [0.5, 0.6) is 0 Å². The van der Waals surface area contributed by atoms with Crippen molar-refractivity contribution in [3.05, 3.63) is 35.9 Å². The molecule has 0 spiro atoms. The maximum Gasteiger partial charge on any atom is 0.0701 e. The average Bonchev–Trinajstić information content (AvgIpc) is 2.91. The Bertz CT molecular complexity index is 535. The highest BCUT2D eigenvalue weighted by molar-refractivity contribution is 5.14. The second kappa shape index (κ2) is 28.4. The maximum atomic E-state index is 8.56. The lowest BCUT2D eigenvalue weighted by Gasteiger charge is -2.09. The van der Waals surface area contributed by atoms with E-state index in [1.807, 2.05) is 18.2 Å². The van der Waals surface area contributed by atoms with E-state index in [0.717, 1.165) is 6.42 Å². The lowest BCUT2D eigenvalue weighted by atomic mass is 10.2. The minimum Gasteiger partial charge on any atom is -0.394 e. The summed E-state index contributed by atoms with van der Waals surface area (Å²) in [5.41, 5.74) is 1.28. The van der Waals surface area contributed by atoms with E-state index in [0.29, 0.717) is 119 Å². The average molecular weight is 519 g/mol. The second-order valence-electron chi connectivity index (χ2n) is 7.47. The van der Waals surface area contributed by atoms with E-state index in [1.165, 1.54) is 5.56 Å². The Morgan fingerprint density at radius 2 is 0.639 bits per heavy atom. The predicted molar refractivity (Wildman–Crippen MR) is 135 cm³/mol. The molecule has 0 fully saturated rings. The smallest absolute Gasteiger partial charge is 0.0701 e. The van der Waals surface area contributed by atoms with Gasteiger partial charge in [0.15, 0.2) is 0 Å². The number of aliphatic hydroxyl groups is 1. The van der Waals surface area contributed by atoms with Gasteiger partial charge in [0.05, 0.1) is 126 Å². The lowest BCUT2D eigenvalue weighted by molar-refractivity contribution is -0.0254. The van der Waals surface area contributed by atoms with Gasteiger partial charge >= 0.3 is 0 Å². The summed E-state index contributed by atoms with van der Waals surface area (Å²) >= 11 is 0. The highest BCUT2D eigenvalue weighted by Crippen LogP contribution is 1.99. The largest absolute Gasteiger partial charge is 0.394 e. The van der Waals surface area contributed by atoms with E-state index in [1.54, 1.807) is 0 Å². The molecule has 1 N–H and O–H groups in total. The third-order valence-electron chi connectivity index (χ3n) is 4.59. The first kappa shape index (κ1) is 32.8.